The molecule has 0 saturated carbocycles. The maximum absolute atomic E-state index is 12.5. The second-order valence-corrected chi connectivity index (χ2v) is 5.40. The lowest BCUT2D eigenvalue weighted by Crippen LogP contribution is -2.21. The molecule has 0 unspecified atom stereocenters. The third-order valence-electron chi connectivity index (χ3n) is 3.74. The third-order valence-corrected chi connectivity index (χ3v) is 3.74. The second-order valence-electron chi connectivity index (χ2n) is 5.40. The van der Waals surface area contributed by atoms with E-state index in [1.807, 2.05) is 0 Å². The lowest BCUT2D eigenvalue weighted by atomic mass is 10.1. The number of ether oxygens (including phenoxy) is 2. The summed E-state index contributed by atoms with van der Waals surface area (Å²) in [5.74, 6) is -1.54. The van der Waals surface area contributed by atoms with Gasteiger partial charge in [0.15, 0.2) is 5.78 Å². The summed E-state index contributed by atoms with van der Waals surface area (Å²) < 4.78 is 10.1. The predicted molar refractivity (Wildman–Crippen MR) is 86.9 cm³/mol. The summed E-state index contributed by atoms with van der Waals surface area (Å²) in [5.41, 5.74) is 2.20. The molecule has 0 amide bonds. The van der Waals surface area contributed by atoms with E-state index in [-0.39, 0.29) is 11.5 Å². The Morgan fingerprint density at radius 3 is 2.21 bits per heavy atom. The van der Waals surface area contributed by atoms with E-state index in [1.165, 1.54) is 14.0 Å². The van der Waals surface area contributed by atoms with Crippen LogP contribution in [0.25, 0.3) is 0 Å². The number of Topliss-reactive ketones (excluding diaryl/α,β-unsaturated/α-hetero) is 1. The van der Waals surface area contributed by atoms with Crippen molar-refractivity contribution in [2.45, 2.75) is 26.9 Å². The van der Waals surface area contributed by atoms with Gasteiger partial charge in [0, 0.05) is 16.8 Å². The zero-order valence-electron chi connectivity index (χ0n) is 14.0. The molecule has 0 aliphatic carbocycles. The fraction of sp³-hybridized carbons (Fsp3) is 0.278. The first-order chi connectivity index (χ1) is 11.4. The van der Waals surface area contributed by atoms with Crippen molar-refractivity contribution < 1.29 is 23.9 Å². The van der Waals surface area contributed by atoms with Crippen LogP contribution in [-0.4, -0.2) is 29.8 Å². The number of hydrogen-bond donors (Lipinski definition) is 1. The van der Waals surface area contributed by atoms with E-state index >= 15 is 0 Å². The summed E-state index contributed by atoms with van der Waals surface area (Å²) in [6.45, 7) is 4.79. The van der Waals surface area contributed by atoms with E-state index in [0.717, 1.165) is 0 Å². The van der Waals surface area contributed by atoms with E-state index in [1.54, 1.807) is 44.2 Å². The standard InChI is InChI=1S/C18H19NO5/c1-10-14(12(3)20)11(2)19-15(10)17(21)24-16(18(22)23-4)13-8-6-5-7-9-13/h5-9,16,19H,1-4H3/t16-/m1/s1. The predicted octanol–water partition coefficient (Wildman–Crippen LogP) is 2.91. The van der Waals surface area contributed by atoms with E-state index < -0.39 is 18.0 Å². The monoisotopic (exact) mass is 329 g/mol. The number of nitrogens with one attached hydrogen (secondary N) is 1. The van der Waals surface area contributed by atoms with Gasteiger partial charge in [0.2, 0.25) is 6.10 Å². The Kier molecular flexibility index (Phi) is 5.18. The number of ketones is 1. The highest BCUT2D eigenvalue weighted by Gasteiger charge is 2.29. The number of aryl methyl sites for hydroxylation is 1. The molecule has 0 aliphatic heterocycles. The Morgan fingerprint density at radius 2 is 1.71 bits per heavy atom. The summed E-state index contributed by atoms with van der Waals surface area (Å²) in [5, 5.41) is 0. The summed E-state index contributed by atoms with van der Waals surface area (Å²) in [6, 6.07) is 8.59. The zero-order valence-corrected chi connectivity index (χ0v) is 14.0. The van der Waals surface area contributed by atoms with Crippen LogP contribution in [0.4, 0.5) is 0 Å². The van der Waals surface area contributed by atoms with Crippen molar-refractivity contribution in [2.75, 3.05) is 7.11 Å². The number of carbonyl (C=O) groups excluding carboxylic acids is 3. The number of hydrogen-bond acceptors (Lipinski definition) is 5. The first-order valence-electron chi connectivity index (χ1n) is 7.40. The van der Waals surface area contributed by atoms with Crippen LogP contribution >= 0.6 is 0 Å². The van der Waals surface area contributed by atoms with Crippen LogP contribution in [0.2, 0.25) is 0 Å². The Bertz CT molecular complexity index is 776. The quantitative estimate of drug-likeness (QED) is 0.673. The molecule has 0 fully saturated rings. The Hall–Kier alpha value is -2.89. The van der Waals surface area contributed by atoms with Crippen molar-refractivity contribution in [3.63, 3.8) is 0 Å². The van der Waals surface area contributed by atoms with Crippen molar-refractivity contribution in [3.05, 3.63) is 58.4 Å². The lowest BCUT2D eigenvalue weighted by Gasteiger charge is -2.15. The molecular weight excluding hydrogens is 310 g/mol. The summed E-state index contributed by atoms with van der Waals surface area (Å²) in [7, 11) is 1.23. The van der Waals surface area contributed by atoms with Crippen molar-refractivity contribution >= 4 is 17.7 Å². The minimum Gasteiger partial charge on any atom is -0.466 e. The van der Waals surface area contributed by atoms with Crippen molar-refractivity contribution in [3.8, 4) is 0 Å². The van der Waals surface area contributed by atoms with Crippen LogP contribution in [-0.2, 0) is 14.3 Å². The van der Waals surface area contributed by atoms with E-state index in [9.17, 15) is 14.4 Å². The number of esters is 2. The van der Waals surface area contributed by atoms with Crippen LogP contribution < -0.4 is 0 Å². The van der Waals surface area contributed by atoms with Crippen LogP contribution in [0.3, 0.4) is 0 Å². The van der Waals surface area contributed by atoms with Gasteiger partial charge in [0.05, 0.1) is 7.11 Å². The number of aromatic amines is 1. The lowest BCUT2D eigenvalue weighted by molar-refractivity contribution is -0.151. The molecule has 2 aromatic rings. The van der Waals surface area contributed by atoms with Gasteiger partial charge < -0.3 is 14.5 Å². The molecule has 0 aliphatic rings. The number of methoxy groups -OCH3 is 1. The van der Waals surface area contributed by atoms with Gasteiger partial charge in [0.1, 0.15) is 5.69 Å². The van der Waals surface area contributed by atoms with Gasteiger partial charge in [-0.1, -0.05) is 30.3 Å². The second kappa shape index (κ2) is 7.12. The minimum absolute atomic E-state index is 0.145. The summed E-state index contributed by atoms with van der Waals surface area (Å²) in [4.78, 5) is 39.0. The molecule has 24 heavy (non-hydrogen) atoms. The van der Waals surface area contributed by atoms with E-state index in [2.05, 4.69) is 4.98 Å². The van der Waals surface area contributed by atoms with Gasteiger partial charge in [-0.15, -0.1) is 0 Å². The highest BCUT2D eigenvalue weighted by atomic mass is 16.6. The molecule has 0 saturated heterocycles. The molecule has 1 N–H and O–H groups in total. The Morgan fingerprint density at radius 1 is 1.08 bits per heavy atom. The first kappa shape index (κ1) is 17.5. The van der Waals surface area contributed by atoms with E-state index in [4.69, 9.17) is 9.47 Å². The minimum atomic E-state index is -1.17. The van der Waals surface area contributed by atoms with Crippen LogP contribution in [0.5, 0.6) is 0 Å². The van der Waals surface area contributed by atoms with Crippen molar-refractivity contribution in [1.29, 1.82) is 0 Å². The number of carbonyl (C=O) groups is 3. The molecule has 1 aromatic carbocycles. The molecule has 6 heteroatoms. The maximum Gasteiger partial charge on any atom is 0.356 e. The van der Waals surface area contributed by atoms with Crippen molar-refractivity contribution in [1.82, 2.24) is 4.98 Å². The molecular formula is C18H19NO5. The number of H-pyrrole nitrogens is 1. The Labute approximate surface area is 139 Å². The highest BCUT2D eigenvalue weighted by molar-refractivity contribution is 6.01. The average Bonchev–Trinajstić information content (AvgIpc) is 2.87. The van der Waals surface area contributed by atoms with Gasteiger partial charge in [-0.2, -0.15) is 0 Å². The molecule has 1 heterocycles. The van der Waals surface area contributed by atoms with Crippen LogP contribution in [0.15, 0.2) is 30.3 Å². The molecule has 0 bridgehead atoms. The average molecular weight is 329 g/mol. The summed E-state index contributed by atoms with van der Waals surface area (Å²) >= 11 is 0. The number of rotatable bonds is 5. The first-order valence-corrected chi connectivity index (χ1v) is 7.40. The molecule has 1 atom stereocenters. The fourth-order valence-electron chi connectivity index (χ4n) is 2.64. The molecule has 6 nitrogen and oxygen atoms in total. The van der Waals surface area contributed by atoms with Gasteiger partial charge >= 0.3 is 11.9 Å². The normalized spacial score (nSPS) is 11.7. The largest absolute Gasteiger partial charge is 0.466 e. The van der Waals surface area contributed by atoms with Crippen LogP contribution in [0.1, 0.15) is 50.7 Å². The third kappa shape index (κ3) is 3.37. The van der Waals surface area contributed by atoms with Crippen LogP contribution in [0, 0.1) is 13.8 Å². The molecule has 1 aromatic heterocycles. The molecule has 2 rings (SSSR count). The topological polar surface area (TPSA) is 85.5 Å². The van der Waals surface area contributed by atoms with Gasteiger partial charge in [-0.25, -0.2) is 9.59 Å². The molecule has 0 spiro atoms. The zero-order chi connectivity index (χ0) is 17.9. The SMILES string of the molecule is COC(=O)[C@H](OC(=O)c1[nH]c(C)c(C(C)=O)c1C)c1ccccc1. The smallest absolute Gasteiger partial charge is 0.356 e. The van der Waals surface area contributed by atoms with Gasteiger partial charge in [-0.05, 0) is 26.3 Å². The maximum atomic E-state index is 12.5. The fourth-order valence-corrected chi connectivity index (χ4v) is 2.64. The molecule has 126 valence electrons. The van der Waals surface area contributed by atoms with E-state index in [0.29, 0.717) is 22.4 Å². The van der Waals surface area contributed by atoms with Crippen molar-refractivity contribution in [2.24, 2.45) is 0 Å². The van der Waals surface area contributed by atoms with Gasteiger partial charge in [0.25, 0.3) is 0 Å². The highest BCUT2D eigenvalue weighted by Crippen LogP contribution is 2.24. The Balaban J connectivity index is 2.34. The molecule has 0 radical (unpaired) electrons. The number of aromatic nitrogens is 1. The van der Waals surface area contributed by atoms with Gasteiger partial charge in [-0.3, -0.25) is 4.79 Å². The summed E-state index contributed by atoms with van der Waals surface area (Å²) in [6.07, 6.45) is -1.17. The number of benzene rings is 1.